The van der Waals surface area contributed by atoms with Crippen LogP contribution in [0.25, 0.3) is 0 Å². The Morgan fingerprint density at radius 1 is 1.43 bits per heavy atom. The van der Waals surface area contributed by atoms with Gasteiger partial charge in [-0.05, 0) is 25.2 Å². The van der Waals surface area contributed by atoms with Crippen LogP contribution in [0.15, 0.2) is 12.5 Å². The van der Waals surface area contributed by atoms with Crippen LogP contribution in [0.1, 0.15) is 37.8 Å². The smallest absolute Gasteiger partial charge is 0.326 e. The third-order valence-electron chi connectivity index (χ3n) is 4.59. The first-order chi connectivity index (χ1) is 10.2. The number of rotatable bonds is 3. The van der Waals surface area contributed by atoms with Gasteiger partial charge in [0.1, 0.15) is 6.04 Å². The summed E-state index contributed by atoms with van der Waals surface area (Å²) < 4.78 is 0. The summed E-state index contributed by atoms with van der Waals surface area (Å²) >= 11 is 0. The predicted octanol–water partition coefficient (Wildman–Crippen LogP) is 1.34. The molecule has 1 aromatic heterocycles. The molecule has 7 heteroatoms. The molecule has 3 rings (SSSR count). The van der Waals surface area contributed by atoms with Crippen molar-refractivity contribution in [2.45, 2.75) is 50.7 Å². The fourth-order valence-corrected chi connectivity index (χ4v) is 3.62. The van der Waals surface area contributed by atoms with Gasteiger partial charge < -0.3 is 20.3 Å². The number of amides is 2. The summed E-state index contributed by atoms with van der Waals surface area (Å²) in [7, 11) is 0. The van der Waals surface area contributed by atoms with Gasteiger partial charge in [0.05, 0.1) is 18.6 Å². The molecule has 21 heavy (non-hydrogen) atoms. The zero-order valence-electron chi connectivity index (χ0n) is 11.8. The topological polar surface area (TPSA) is 98.3 Å². The van der Waals surface area contributed by atoms with Gasteiger partial charge in [-0.1, -0.05) is 12.8 Å². The number of aromatic nitrogens is 2. The van der Waals surface area contributed by atoms with E-state index in [0.29, 0.717) is 18.9 Å². The fraction of sp³-hybridized carbons (Fsp3) is 0.643. The number of hydrogen-bond donors (Lipinski definition) is 3. The van der Waals surface area contributed by atoms with Gasteiger partial charge in [-0.3, -0.25) is 0 Å². The average Bonchev–Trinajstić information content (AvgIpc) is 3.11. The lowest BCUT2D eigenvalue weighted by Crippen LogP contribution is -2.50. The van der Waals surface area contributed by atoms with Crippen molar-refractivity contribution < 1.29 is 14.7 Å². The molecule has 1 saturated carbocycles. The Hall–Kier alpha value is -2.05. The number of imidazole rings is 1. The number of carboxylic acid groups (broad SMARTS) is 1. The molecule has 1 aromatic rings. The van der Waals surface area contributed by atoms with Gasteiger partial charge in [0.2, 0.25) is 0 Å². The van der Waals surface area contributed by atoms with Gasteiger partial charge in [-0.15, -0.1) is 0 Å². The van der Waals surface area contributed by atoms with E-state index in [-0.39, 0.29) is 12.1 Å². The van der Waals surface area contributed by atoms with Crippen molar-refractivity contribution in [3.8, 4) is 0 Å². The Bertz CT molecular complexity index is 516. The molecule has 2 fully saturated rings. The Labute approximate surface area is 122 Å². The highest BCUT2D eigenvalue weighted by molar-refractivity contribution is 5.83. The van der Waals surface area contributed by atoms with E-state index in [4.69, 9.17) is 0 Å². The first-order valence-corrected chi connectivity index (χ1v) is 7.43. The second-order valence-corrected chi connectivity index (χ2v) is 5.84. The Balaban J connectivity index is 1.70. The highest BCUT2D eigenvalue weighted by Crippen LogP contribution is 2.39. The lowest BCUT2D eigenvalue weighted by atomic mass is 9.85. The molecule has 114 valence electrons. The summed E-state index contributed by atoms with van der Waals surface area (Å²) in [4.78, 5) is 32.2. The van der Waals surface area contributed by atoms with Gasteiger partial charge >= 0.3 is 12.0 Å². The molecule has 3 atom stereocenters. The van der Waals surface area contributed by atoms with Crippen molar-refractivity contribution in [1.29, 1.82) is 0 Å². The van der Waals surface area contributed by atoms with Crippen LogP contribution in [0.5, 0.6) is 0 Å². The molecule has 0 bridgehead atoms. The van der Waals surface area contributed by atoms with Crippen molar-refractivity contribution >= 4 is 12.0 Å². The number of likely N-dealkylation sites (tertiary alicyclic amines) is 1. The summed E-state index contributed by atoms with van der Waals surface area (Å²) in [6, 6.07) is -0.909. The van der Waals surface area contributed by atoms with E-state index in [1.54, 1.807) is 17.4 Å². The van der Waals surface area contributed by atoms with Gasteiger partial charge in [0.25, 0.3) is 0 Å². The van der Waals surface area contributed by atoms with Crippen molar-refractivity contribution in [1.82, 2.24) is 20.2 Å². The number of nitrogens with one attached hydrogen (secondary N) is 2. The quantitative estimate of drug-likeness (QED) is 0.783. The molecule has 1 aliphatic carbocycles. The van der Waals surface area contributed by atoms with Crippen molar-refractivity contribution in [2.75, 3.05) is 0 Å². The molecule has 0 spiro atoms. The Morgan fingerprint density at radius 2 is 2.24 bits per heavy atom. The summed E-state index contributed by atoms with van der Waals surface area (Å²) in [5.74, 6) is -0.571. The number of carboxylic acids is 1. The standard InChI is InChI=1S/C14H20N4O3/c19-13(20)12-5-9-3-1-2-4-11(9)18(12)14(21)16-7-10-6-15-8-17-10/h6,8-9,11-12H,1-5,7H2,(H,15,17)(H,16,21)(H,19,20). The molecular weight excluding hydrogens is 272 g/mol. The number of carbonyl (C=O) groups is 2. The molecule has 2 aliphatic rings. The first-order valence-electron chi connectivity index (χ1n) is 7.43. The van der Waals surface area contributed by atoms with Gasteiger partial charge in [0, 0.05) is 12.2 Å². The van der Waals surface area contributed by atoms with Crippen LogP contribution in [-0.2, 0) is 11.3 Å². The molecule has 3 N–H and O–H groups in total. The number of hydrogen-bond acceptors (Lipinski definition) is 3. The molecule has 0 radical (unpaired) electrons. The maximum Gasteiger partial charge on any atom is 0.326 e. The van der Waals surface area contributed by atoms with Crippen LogP contribution in [0, 0.1) is 5.92 Å². The number of nitrogens with zero attached hydrogens (tertiary/aromatic N) is 2. The molecule has 1 saturated heterocycles. The summed E-state index contributed by atoms with van der Waals surface area (Å²) in [6.45, 7) is 0.332. The summed E-state index contributed by atoms with van der Waals surface area (Å²) in [5.41, 5.74) is 0.801. The number of aromatic amines is 1. The number of H-pyrrole nitrogens is 1. The lowest BCUT2D eigenvalue weighted by Gasteiger charge is -2.32. The maximum absolute atomic E-state index is 12.4. The molecule has 2 amide bonds. The van der Waals surface area contributed by atoms with Crippen molar-refractivity contribution in [3.63, 3.8) is 0 Å². The molecule has 1 aliphatic heterocycles. The third kappa shape index (κ3) is 2.72. The molecule has 2 heterocycles. The van der Waals surface area contributed by atoms with E-state index in [9.17, 15) is 14.7 Å². The van der Waals surface area contributed by atoms with Crippen LogP contribution < -0.4 is 5.32 Å². The van der Waals surface area contributed by atoms with Gasteiger partial charge in [-0.2, -0.15) is 0 Å². The van der Waals surface area contributed by atoms with Crippen LogP contribution in [0.4, 0.5) is 4.79 Å². The molecule has 7 nitrogen and oxygen atoms in total. The van der Waals surface area contributed by atoms with Gasteiger partial charge in [0.15, 0.2) is 0 Å². The van der Waals surface area contributed by atoms with E-state index < -0.39 is 12.0 Å². The maximum atomic E-state index is 12.4. The largest absolute Gasteiger partial charge is 0.480 e. The third-order valence-corrected chi connectivity index (χ3v) is 4.59. The molecule has 0 aromatic carbocycles. The Morgan fingerprint density at radius 3 is 2.95 bits per heavy atom. The number of carbonyl (C=O) groups excluding carboxylic acids is 1. The average molecular weight is 292 g/mol. The number of fused-ring (bicyclic) bond motifs is 1. The van der Waals surface area contributed by atoms with E-state index in [1.807, 2.05) is 0 Å². The monoisotopic (exact) mass is 292 g/mol. The van der Waals surface area contributed by atoms with Crippen LogP contribution >= 0.6 is 0 Å². The normalized spacial score (nSPS) is 28.2. The lowest BCUT2D eigenvalue weighted by molar-refractivity contribution is -0.141. The fourth-order valence-electron chi connectivity index (χ4n) is 3.62. The van der Waals surface area contributed by atoms with E-state index in [0.717, 1.165) is 31.4 Å². The highest BCUT2D eigenvalue weighted by Gasteiger charge is 2.47. The first kappa shape index (κ1) is 13.9. The minimum absolute atomic E-state index is 0.0709. The summed E-state index contributed by atoms with van der Waals surface area (Å²) in [6.07, 6.45) is 7.91. The van der Waals surface area contributed by atoms with E-state index in [2.05, 4.69) is 15.3 Å². The molecular formula is C14H20N4O3. The van der Waals surface area contributed by atoms with Gasteiger partial charge in [-0.25, -0.2) is 14.6 Å². The highest BCUT2D eigenvalue weighted by atomic mass is 16.4. The zero-order chi connectivity index (χ0) is 14.8. The SMILES string of the molecule is O=C(O)C1CC2CCCCC2N1C(=O)NCc1cnc[nH]1. The summed E-state index contributed by atoms with van der Waals surface area (Å²) in [5, 5.41) is 12.2. The van der Waals surface area contributed by atoms with E-state index >= 15 is 0 Å². The van der Waals surface area contributed by atoms with E-state index in [1.165, 1.54) is 0 Å². The van der Waals surface area contributed by atoms with Crippen LogP contribution in [0.3, 0.4) is 0 Å². The number of aliphatic carboxylic acids is 1. The minimum atomic E-state index is -0.902. The number of urea groups is 1. The predicted molar refractivity (Wildman–Crippen MR) is 74.4 cm³/mol. The van der Waals surface area contributed by atoms with Crippen LogP contribution in [-0.4, -0.2) is 44.1 Å². The van der Waals surface area contributed by atoms with Crippen molar-refractivity contribution in [2.24, 2.45) is 5.92 Å². The molecule has 3 unspecified atom stereocenters. The second kappa shape index (κ2) is 5.75. The minimum Gasteiger partial charge on any atom is -0.480 e. The van der Waals surface area contributed by atoms with Crippen molar-refractivity contribution in [3.05, 3.63) is 18.2 Å². The van der Waals surface area contributed by atoms with Crippen LogP contribution in [0.2, 0.25) is 0 Å². The zero-order valence-corrected chi connectivity index (χ0v) is 11.8. The Kier molecular flexibility index (Phi) is 3.81. The second-order valence-electron chi connectivity index (χ2n) is 5.84.